The van der Waals surface area contributed by atoms with Crippen LogP contribution in [0.25, 0.3) is 0 Å². The number of amides is 1. The second-order valence-electron chi connectivity index (χ2n) is 4.67. The fourth-order valence-electron chi connectivity index (χ4n) is 1.90. The van der Waals surface area contributed by atoms with E-state index in [4.69, 9.17) is 27.9 Å². The van der Waals surface area contributed by atoms with Crippen LogP contribution in [-0.2, 0) is 4.79 Å². The minimum Gasteiger partial charge on any atom is -0.494 e. The van der Waals surface area contributed by atoms with Gasteiger partial charge in [-0.3, -0.25) is 14.9 Å². The standard InChI is InChI=1S/C15H13Cl2N3O4/c1-24-14-7-10(20(22)23)3-5-13(14)19-15(21)8-18-12-4-2-9(16)6-11(12)17/h2-7,18H,8H2,1H3,(H,19,21). The molecule has 7 nitrogen and oxygen atoms in total. The van der Waals surface area contributed by atoms with Crippen molar-refractivity contribution in [1.29, 1.82) is 0 Å². The highest BCUT2D eigenvalue weighted by molar-refractivity contribution is 6.36. The van der Waals surface area contributed by atoms with Gasteiger partial charge in [0.15, 0.2) is 0 Å². The van der Waals surface area contributed by atoms with E-state index in [1.807, 2.05) is 0 Å². The number of benzene rings is 2. The van der Waals surface area contributed by atoms with Crippen LogP contribution in [0.2, 0.25) is 10.0 Å². The van der Waals surface area contributed by atoms with Crippen molar-refractivity contribution in [3.05, 3.63) is 56.6 Å². The molecule has 0 aliphatic rings. The third-order valence-electron chi connectivity index (χ3n) is 3.04. The molecule has 0 unspecified atom stereocenters. The average molecular weight is 370 g/mol. The van der Waals surface area contributed by atoms with Crippen LogP contribution in [0.1, 0.15) is 0 Å². The predicted molar refractivity (Wildman–Crippen MR) is 93.2 cm³/mol. The molecule has 126 valence electrons. The van der Waals surface area contributed by atoms with E-state index in [1.54, 1.807) is 18.2 Å². The Hall–Kier alpha value is -2.51. The van der Waals surface area contributed by atoms with Gasteiger partial charge in [-0.05, 0) is 24.3 Å². The van der Waals surface area contributed by atoms with Crippen LogP contribution in [0.15, 0.2) is 36.4 Å². The number of rotatable bonds is 6. The minimum absolute atomic E-state index is 0.0541. The van der Waals surface area contributed by atoms with Gasteiger partial charge in [0.25, 0.3) is 5.69 Å². The van der Waals surface area contributed by atoms with Gasteiger partial charge in [-0.2, -0.15) is 0 Å². The number of nitrogens with one attached hydrogen (secondary N) is 2. The highest BCUT2D eigenvalue weighted by Crippen LogP contribution is 2.29. The molecule has 0 radical (unpaired) electrons. The summed E-state index contributed by atoms with van der Waals surface area (Å²) in [6.45, 7) is -0.0541. The van der Waals surface area contributed by atoms with Crippen molar-refractivity contribution in [2.45, 2.75) is 0 Å². The maximum absolute atomic E-state index is 12.0. The van der Waals surface area contributed by atoms with E-state index in [0.29, 0.717) is 21.4 Å². The molecule has 2 aromatic carbocycles. The maximum atomic E-state index is 12.0. The molecule has 2 N–H and O–H groups in total. The van der Waals surface area contributed by atoms with E-state index in [0.717, 1.165) is 0 Å². The second-order valence-corrected chi connectivity index (χ2v) is 5.51. The number of non-ortho nitro benzene ring substituents is 1. The van der Waals surface area contributed by atoms with Gasteiger partial charge < -0.3 is 15.4 Å². The number of nitrogens with zero attached hydrogens (tertiary/aromatic N) is 1. The number of methoxy groups -OCH3 is 1. The first-order chi connectivity index (χ1) is 11.4. The molecule has 0 heterocycles. The van der Waals surface area contributed by atoms with Gasteiger partial charge in [-0.1, -0.05) is 23.2 Å². The lowest BCUT2D eigenvalue weighted by atomic mass is 10.2. The number of anilines is 2. The molecule has 2 aromatic rings. The largest absolute Gasteiger partial charge is 0.494 e. The third kappa shape index (κ3) is 4.50. The number of carbonyl (C=O) groups excluding carboxylic acids is 1. The maximum Gasteiger partial charge on any atom is 0.273 e. The summed E-state index contributed by atoms with van der Waals surface area (Å²) in [6.07, 6.45) is 0. The minimum atomic E-state index is -0.543. The first-order valence-electron chi connectivity index (χ1n) is 6.72. The van der Waals surface area contributed by atoms with Gasteiger partial charge in [0, 0.05) is 11.1 Å². The normalized spacial score (nSPS) is 10.1. The van der Waals surface area contributed by atoms with Crippen LogP contribution in [0, 0.1) is 10.1 Å². The first kappa shape index (κ1) is 17.8. The zero-order valence-electron chi connectivity index (χ0n) is 12.5. The Morgan fingerprint density at radius 3 is 2.54 bits per heavy atom. The molecule has 0 fully saturated rings. The van der Waals surface area contributed by atoms with Crippen molar-refractivity contribution < 1.29 is 14.5 Å². The summed E-state index contributed by atoms with van der Waals surface area (Å²) < 4.78 is 5.06. The molecular formula is C15H13Cl2N3O4. The fraction of sp³-hybridized carbons (Fsp3) is 0.133. The molecule has 1 amide bonds. The summed E-state index contributed by atoms with van der Waals surface area (Å²) >= 11 is 11.8. The SMILES string of the molecule is COc1cc([N+](=O)[O-])ccc1NC(=O)CNc1ccc(Cl)cc1Cl. The van der Waals surface area contributed by atoms with Gasteiger partial charge in [0.1, 0.15) is 5.75 Å². The van der Waals surface area contributed by atoms with Crippen molar-refractivity contribution in [2.75, 3.05) is 24.3 Å². The number of nitro benzene ring substituents is 1. The zero-order chi connectivity index (χ0) is 17.7. The summed E-state index contributed by atoms with van der Waals surface area (Å²) in [5.41, 5.74) is 0.764. The molecule has 0 saturated carbocycles. The van der Waals surface area contributed by atoms with Crippen LogP contribution in [0.5, 0.6) is 5.75 Å². The summed E-state index contributed by atoms with van der Waals surface area (Å²) in [7, 11) is 1.36. The highest BCUT2D eigenvalue weighted by Gasteiger charge is 2.13. The Balaban J connectivity index is 2.03. The van der Waals surface area contributed by atoms with E-state index in [1.165, 1.54) is 25.3 Å². The number of hydrogen-bond donors (Lipinski definition) is 2. The van der Waals surface area contributed by atoms with Crippen molar-refractivity contribution in [2.24, 2.45) is 0 Å². The van der Waals surface area contributed by atoms with E-state index in [9.17, 15) is 14.9 Å². The fourth-order valence-corrected chi connectivity index (χ4v) is 2.37. The van der Waals surface area contributed by atoms with E-state index in [-0.39, 0.29) is 23.9 Å². The summed E-state index contributed by atoms with van der Waals surface area (Å²) in [5, 5.41) is 17.1. The molecule has 9 heteroatoms. The second kappa shape index (κ2) is 7.85. The molecule has 0 aromatic heterocycles. The van der Waals surface area contributed by atoms with E-state index >= 15 is 0 Å². The summed E-state index contributed by atoms with van der Waals surface area (Å²) in [6, 6.07) is 8.78. The number of hydrogen-bond acceptors (Lipinski definition) is 5. The van der Waals surface area contributed by atoms with Crippen LogP contribution < -0.4 is 15.4 Å². The summed E-state index contributed by atoms with van der Waals surface area (Å²) in [4.78, 5) is 22.2. The Morgan fingerprint density at radius 2 is 1.92 bits per heavy atom. The molecule has 0 atom stereocenters. The molecule has 0 bridgehead atoms. The molecule has 24 heavy (non-hydrogen) atoms. The number of halogens is 2. The molecule has 0 saturated heterocycles. The lowest BCUT2D eigenvalue weighted by Crippen LogP contribution is -2.22. The van der Waals surface area contributed by atoms with Crippen molar-refractivity contribution in [1.82, 2.24) is 0 Å². The predicted octanol–water partition coefficient (Wildman–Crippen LogP) is 3.96. The number of ether oxygens (including phenoxy) is 1. The van der Waals surface area contributed by atoms with E-state index < -0.39 is 4.92 Å². The zero-order valence-corrected chi connectivity index (χ0v) is 14.0. The molecule has 2 rings (SSSR count). The Bertz CT molecular complexity index is 783. The van der Waals surface area contributed by atoms with Gasteiger partial charge in [0.05, 0.1) is 41.0 Å². The van der Waals surface area contributed by atoms with Gasteiger partial charge in [-0.25, -0.2) is 0 Å². The topological polar surface area (TPSA) is 93.5 Å². The Labute approximate surface area is 147 Å². The highest BCUT2D eigenvalue weighted by atomic mass is 35.5. The molecular weight excluding hydrogens is 357 g/mol. The third-order valence-corrected chi connectivity index (χ3v) is 3.59. The molecule has 0 aliphatic heterocycles. The quantitative estimate of drug-likeness (QED) is 0.593. The van der Waals surface area contributed by atoms with Gasteiger partial charge >= 0.3 is 0 Å². The van der Waals surface area contributed by atoms with Crippen molar-refractivity contribution in [3.63, 3.8) is 0 Å². The smallest absolute Gasteiger partial charge is 0.273 e. The van der Waals surface area contributed by atoms with E-state index in [2.05, 4.69) is 10.6 Å². The molecule has 0 spiro atoms. The van der Waals surface area contributed by atoms with Gasteiger partial charge in [0.2, 0.25) is 5.91 Å². The molecule has 0 aliphatic carbocycles. The lowest BCUT2D eigenvalue weighted by Gasteiger charge is -2.11. The monoisotopic (exact) mass is 369 g/mol. The number of nitro groups is 1. The first-order valence-corrected chi connectivity index (χ1v) is 7.47. The van der Waals surface area contributed by atoms with Crippen molar-refractivity contribution in [3.8, 4) is 5.75 Å². The van der Waals surface area contributed by atoms with Crippen LogP contribution >= 0.6 is 23.2 Å². The number of carbonyl (C=O) groups is 1. The van der Waals surface area contributed by atoms with Crippen molar-refractivity contribution >= 4 is 46.2 Å². The Morgan fingerprint density at radius 1 is 1.21 bits per heavy atom. The van der Waals surface area contributed by atoms with Crippen LogP contribution in [-0.4, -0.2) is 24.5 Å². The lowest BCUT2D eigenvalue weighted by molar-refractivity contribution is -0.384. The van der Waals surface area contributed by atoms with Crippen LogP contribution in [0.3, 0.4) is 0 Å². The van der Waals surface area contributed by atoms with Crippen LogP contribution in [0.4, 0.5) is 17.1 Å². The summed E-state index contributed by atoms with van der Waals surface area (Å²) in [5.74, 6) is -0.171. The Kier molecular flexibility index (Phi) is 5.83. The van der Waals surface area contributed by atoms with Gasteiger partial charge in [-0.15, -0.1) is 0 Å². The average Bonchev–Trinajstić information content (AvgIpc) is 2.54.